The minimum atomic E-state index is -4.30. The number of halogens is 1. The molecule has 1 N–H and O–H groups in total. The lowest BCUT2D eigenvalue weighted by atomic mass is 10.1. The van der Waals surface area contributed by atoms with Crippen molar-refractivity contribution in [3.05, 3.63) is 70.0 Å². The summed E-state index contributed by atoms with van der Waals surface area (Å²) < 4.78 is 46.0. The van der Waals surface area contributed by atoms with Crippen molar-refractivity contribution in [1.82, 2.24) is 4.72 Å². The van der Waals surface area contributed by atoms with Crippen LogP contribution in [0.1, 0.15) is 19.4 Å². The van der Waals surface area contributed by atoms with Crippen molar-refractivity contribution in [2.24, 2.45) is 5.92 Å². The van der Waals surface area contributed by atoms with Crippen molar-refractivity contribution in [1.29, 1.82) is 0 Å². The topological polar surface area (TPSA) is 116 Å². The Labute approximate surface area is 161 Å². The maximum atomic E-state index is 13.8. The van der Waals surface area contributed by atoms with Gasteiger partial charge in [0, 0.05) is 12.1 Å². The molecule has 0 aliphatic heterocycles. The lowest BCUT2D eigenvalue weighted by molar-refractivity contribution is -0.384. The van der Waals surface area contributed by atoms with Crippen LogP contribution in [0.15, 0.2) is 53.4 Å². The molecule has 2 aromatic rings. The highest BCUT2D eigenvalue weighted by atomic mass is 32.2. The van der Waals surface area contributed by atoms with E-state index in [-0.39, 0.29) is 12.3 Å². The molecule has 0 bridgehead atoms. The molecular formula is C18H19FN2O6S. The van der Waals surface area contributed by atoms with Gasteiger partial charge in [-0.1, -0.05) is 38.1 Å². The van der Waals surface area contributed by atoms with E-state index in [9.17, 15) is 27.7 Å². The number of hydrogen-bond donors (Lipinski definition) is 1. The molecule has 8 nitrogen and oxygen atoms in total. The summed E-state index contributed by atoms with van der Waals surface area (Å²) in [6.07, 6.45) is 0. The molecule has 2 rings (SSSR count). The highest BCUT2D eigenvalue weighted by molar-refractivity contribution is 7.89. The Morgan fingerprint density at radius 3 is 2.50 bits per heavy atom. The van der Waals surface area contributed by atoms with Crippen LogP contribution in [-0.2, 0) is 26.2 Å². The predicted molar refractivity (Wildman–Crippen MR) is 98.2 cm³/mol. The van der Waals surface area contributed by atoms with Gasteiger partial charge in [-0.05, 0) is 23.6 Å². The summed E-state index contributed by atoms with van der Waals surface area (Å²) in [5, 5.41) is 10.8. The SMILES string of the molecule is CC(C)[C@H](NS(=O)(=O)c1ccccc1F)C(=O)OCc1cccc([N+](=O)[O-])c1. The smallest absolute Gasteiger partial charge is 0.324 e. The van der Waals surface area contributed by atoms with Gasteiger partial charge in [0.05, 0.1) is 4.92 Å². The van der Waals surface area contributed by atoms with Crippen LogP contribution in [0.25, 0.3) is 0 Å². The van der Waals surface area contributed by atoms with Crippen LogP contribution in [0.2, 0.25) is 0 Å². The third-order valence-electron chi connectivity index (χ3n) is 3.83. The van der Waals surface area contributed by atoms with Crippen LogP contribution in [0.5, 0.6) is 0 Å². The lowest BCUT2D eigenvalue weighted by Gasteiger charge is -2.21. The molecule has 0 aromatic heterocycles. The number of hydrogen-bond acceptors (Lipinski definition) is 6. The number of sulfonamides is 1. The van der Waals surface area contributed by atoms with Gasteiger partial charge in [0.2, 0.25) is 10.0 Å². The third kappa shape index (κ3) is 5.33. The monoisotopic (exact) mass is 410 g/mol. The summed E-state index contributed by atoms with van der Waals surface area (Å²) in [7, 11) is -4.30. The maximum absolute atomic E-state index is 13.8. The second kappa shape index (κ2) is 8.89. The number of nitro groups is 1. The van der Waals surface area contributed by atoms with E-state index in [0.29, 0.717) is 5.56 Å². The molecule has 0 spiro atoms. The van der Waals surface area contributed by atoms with E-state index in [2.05, 4.69) is 4.72 Å². The first-order chi connectivity index (χ1) is 13.1. The minimum Gasteiger partial charge on any atom is -0.460 e. The van der Waals surface area contributed by atoms with Gasteiger partial charge in [-0.25, -0.2) is 12.8 Å². The third-order valence-corrected chi connectivity index (χ3v) is 5.31. The number of non-ortho nitro benzene ring substituents is 1. The molecule has 10 heteroatoms. The normalized spacial score (nSPS) is 12.6. The Kier molecular flexibility index (Phi) is 6.81. The minimum absolute atomic E-state index is 0.158. The van der Waals surface area contributed by atoms with E-state index in [1.165, 1.54) is 36.4 Å². The predicted octanol–water partition coefficient (Wildman–Crippen LogP) is 2.78. The average Bonchev–Trinajstić information content (AvgIpc) is 2.64. The molecule has 0 heterocycles. The number of ether oxygens (including phenoxy) is 1. The van der Waals surface area contributed by atoms with E-state index in [1.807, 2.05) is 0 Å². The van der Waals surface area contributed by atoms with Gasteiger partial charge in [0.1, 0.15) is 23.4 Å². The van der Waals surface area contributed by atoms with Gasteiger partial charge < -0.3 is 4.74 Å². The number of esters is 1. The van der Waals surface area contributed by atoms with E-state index >= 15 is 0 Å². The van der Waals surface area contributed by atoms with Crippen molar-refractivity contribution in [2.75, 3.05) is 0 Å². The summed E-state index contributed by atoms with van der Waals surface area (Å²) in [6.45, 7) is 2.93. The number of nitrogens with zero attached hydrogens (tertiary/aromatic N) is 1. The number of carbonyl (C=O) groups excluding carboxylic acids is 1. The zero-order chi connectivity index (χ0) is 20.9. The highest BCUT2D eigenvalue weighted by Gasteiger charge is 2.31. The fourth-order valence-corrected chi connectivity index (χ4v) is 3.77. The number of rotatable bonds is 8. The Bertz CT molecular complexity index is 978. The van der Waals surface area contributed by atoms with Gasteiger partial charge in [0.15, 0.2) is 0 Å². The Hall–Kier alpha value is -2.85. The van der Waals surface area contributed by atoms with Gasteiger partial charge in [-0.3, -0.25) is 14.9 Å². The number of benzene rings is 2. The Morgan fingerprint density at radius 1 is 1.21 bits per heavy atom. The van der Waals surface area contributed by atoms with Crippen molar-refractivity contribution < 1.29 is 27.3 Å². The van der Waals surface area contributed by atoms with Crippen LogP contribution in [0.4, 0.5) is 10.1 Å². The maximum Gasteiger partial charge on any atom is 0.324 e. The quantitative estimate of drug-likeness (QED) is 0.406. The highest BCUT2D eigenvalue weighted by Crippen LogP contribution is 2.17. The summed E-state index contributed by atoms with van der Waals surface area (Å²) in [4.78, 5) is 22.0. The number of carbonyl (C=O) groups is 1. The molecule has 0 radical (unpaired) electrons. The standard InChI is InChI=1S/C18H19FN2O6S/c1-12(2)17(20-28(25,26)16-9-4-3-8-15(16)19)18(22)27-11-13-6-5-7-14(10-13)21(23)24/h3-10,12,17,20H,11H2,1-2H3/t17-/m0/s1. The molecule has 0 aliphatic rings. The molecule has 28 heavy (non-hydrogen) atoms. The molecule has 0 saturated carbocycles. The zero-order valence-electron chi connectivity index (χ0n) is 15.2. The summed E-state index contributed by atoms with van der Waals surface area (Å²) in [6, 6.07) is 9.07. The summed E-state index contributed by atoms with van der Waals surface area (Å²) in [5.41, 5.74) is 0.219. The van der Waals surface area contributed by atoms with Crippen LogP contribution in [0.3, 0.4) is 0 Å². The summed E-state index contributed by atoms with van der Waals surface area (Å²) in [5.74, 6) is -2.30. The Balaban J connectivity index is 2.13. The van der Waals surface area contributed by atoms with E-state index < -0.39 is 43.6 Å². The average molecular weight is 410 g/mol. The second-order valence-corrected chi connectivity index (χ2v) is 7.99. The Morgan fingerprint density at radius 2 is 1.89 bits per heavy atom. The summed E-state index contributed by atoms with van der Waals surface area (Å²) >= 11 is 0. The molecule has 0 aliphatic carbocycles. The van der Waals surface area contributed by atoms with Gasteiger partial charge in [-0.2, -0.15) is 4.72 Å². The van der Waals surface area contributed by atoms with Crippen LogP contribution >= 0.6 is 0 Å². The first kappa shape index (κ1) is 21.5. The number of nitro benzene ring substituents is 1. The lowest BCUT2D eigenvalue weighted by Crippen LogP contribution is -2.45. The second-order valence-electron chi connectivity index (χ2n) is 6.31. The van der Waals surface area contributed by atoms with Crippen molar-refractivity contribution in [2.45, 2.75) is 31.4 Å². The van der Waals surface area contributed by atoms with Crippen molar-refractivity contribution in [3.63, 3.8) is 0 Å². The van der Waals surface area contributed by atoms with Crippen LogP contribution < -0.4 is 4.72 Å². The molecule has 0 unspecified atom stereocenters. The van der Waals surface area contributed by atoms with Gasteiger partial charge in [-0.15, -0.1) is 0 Å². The molecule has 0 fully saturated rings. The molecule has 150 valence electrons. The van der Waals surface area contributed by atoms with E-state index in [1.54, 1.807) is 13.8 Å². The molecule has 0 saturated heterocycles. The molecular weight excluding hydrogens is 391 g/mol. The number of nitrogens with one attached hydrogen (secondary N) is 1. The van der Waals surface area contributed by atoms with Gasteiger partial charge in [0.25, 0.3) is 5.69 Å². The molecule has 0 amide bonds. The van der Waals surface area contributed by atoms with Crippen LogP contribution in [0, 0.1) is 21.8 Å². The fraction of sp³-hybridized carbons (Fsp3) is 0.278. The van der Waals surface area contributed by atoms with E-state index in [0.717, 1.165) is 12.1 Å². The first-order valence-corrected chi connectivity index (χ1v) is 9.77. The van der Waals surface area contributed by atoms with Crippen LogP contribution in [-0.4, -0.2) is 25.4 Å². The van der Waals surface area contributed by atoms with Gasteiger partial charge >= 0.3 is 5.97 Å². The van der Waals surface area contributed by atoms with Crippen molar-refractivity contribution in [3.8, 4) is 0 Å². The van der Waals surface area contributed by atoms with E-state index in [4.69, 9.17) is 4.74 Å². The first-order valence-electron chi connectivity index (χ1n) is 8.28. The van der Waals surface area contributed by atoms with Crippen molar-refractivity contribution >= 4 is 21.7 Å². The largest absolute Gasteiger partial charge is 0.460 e. The molecule has 1 atom stereocenters. The zero-order valence-corrected chi connectivity index (χ0v) is 16.0. The fourth-order valence-electron chi connectivity index (χ4n) is 2.35. The molecule has 2 aromatic carbocycles.